The van der Waals surface area contributed by atoms with E-state index in [1.54, 1.807) is 0 Å². The quantitative estimate of drug-likeness (QED) is 0.653. The minimum atomic E-state index is -0.857. The van der Waals surface area contributed by atoms with Crippen LogP contribution in [0.5, 0.6) is 0 Å². The monoisotopic (exact) mass is 357 g/mol. The fraction of sp³-hybridized carbons (Fsp3) is 0.889. The van der Waals surface area contributed by atoms with Crippen LogP contribution < -0.4 is 5.11 Å². The zero-order chi connectivity index (χ0) is 8.43. The van der Waals surface area contributed by atoms with E-state index in [0.29, 0.717) is 11.8 Å². The second-order valence-corrected chi connectivity index (χ2v) is 3.82. The van der Waals surface area contributed by atoms with Gasteiger partial charge in [0.25, 0.3) is 0 Å². The van der Waals surface area contributed by atoms with Gasteiger partial charge in [-0.1, -0.05) is 20.3 Å². The van der Waals surface area contributed by atoms with E-state index in [2.05, 4.69) is 6.92 Å². The van der Waals surface area contributed by atoms with Crippen LogP contribution in [0.3, 0.4) is 0 Å². The maximum atomic E-state index is 10.6. The third-order valence-corrected chi connectivity index (χ3v) is 2.73. The largest absolute Gasteiger partial charge is 1.00 e. The number of rotatable bonds is 1. The summed E-state index contributed by atoms with van der Waals surface area (Å²) in [7, 11) is 0. The van der Waals surface area contributed by atoms with Gasteiger partial charge in [-0.2, -0.15) is 0 Å². The van der Waals surface area contributed by atoms with Crippen molar-refractivity contribution in [1.82, 2.24) is 0 Å². The summed E-state index contributed by atoms with van der Waals surface area (Å²) in [6.07, 6.45) is 2.90. The van der Waals surface area contributed by atoms with Crippen LogP contribution >= 0.6 is 0 Å². The van der Waals surface area contributed by atoms with Gasteiger partial charge in [0.05, 0.1) is 0 Å². The van der Waals surface area contributed by atoms with Gasteiger partial charge in [0.15, 0.2) is 0 Å². The molecule has 1 rings (SSSR count). The molecule has 2 nitrogen and oxygen atoms in total. The summed E-state index contributed by atoms with van der Waals surface area (Å²) in [5.74, 6) is -0.0417. The Hall–Kier alpha value is 0.405. The Morgan fingerprint density at radius 2 is 1.92 bits per heavy atom. The molecular formula is C9H15HgO2. The molecule has 1 aliphatic rings. The van der Waals surface area contributed by atoms with Crippen LogP contribution in [0.15, 0.2) is 0 Å². The van der Waals surface area contributed by atoms with Gasteiger partial charge in [-0.3, -0.25) is 0 Å². The third kappa shape index (κ3) is 3.04. The molecule has 0 heterocycles. The maximum absolute atomic E-state index is 10.6. The van der Waals surface area contributed by atoms with E-state index in [9.17, 15) is 9.90 Å². The molecule has 0 saturated heterocycles. The third-order valence-electron chi connectivity index (χ3n) is 2.73. The summed E-state index contributed by atoms with van der Waals surface area (Å²) in [6.45, 7) is 4.19. The first-order valence-corrected chi connectivity index (χ1v) is 4.32. The number of carboxylic acid groups (broad SMARTS) is 1. The van der Waals surface area contributed by atoms with E-state index >= 15 is 0 Å². The van der Waals surface area contributed by atoms with Crippen molar-refractivity contribution < 1.29 is 37.6 Å². The van der Waals surface area contributed by atoms with Crippen LogP contribution in [0, 0.1) is 17.8 Å². The summed E-state index contributed by atoms with van der Waals surface area (Å²) in [5.41, 5.74) is 0. The fourth-order valence-corrected chi connectivity index (χ4v) is 2.02. The molecule has 1 fully saturated rings. The molecule has 0 bridgehead atoms. The summed E-state index contributed by atoms with van der Waals surface area (Å²) < 4.78 is 0. The second-order valence-electron chi connectivity index (χ2n) is 3.82. The van der Waals surface area contributed by atoms with Crippen molar-refractivity contribution in [1.29, 1.82) is 0 Å². The van der Waals surface area contributed by atoms with Gasteiger partial charge in [0.1, 0.15) is 0 Å². The van der Waals surface area contributed by atoms with Gasteiger partial charge >= 0.3 is 27.7 Å². The smallest absolute Gasteiger partial charge is 0.550 e. The zero-order valence-electron chi connectivity index (χ0n) is 7.88. The Labute approximate surface area is 94.2 Å². The minimum Gasteiger partial charge on any atom is -0.550 e. The van der Waals surface area contributed by atoms with E-state index < -0.39 is 5.97 Å². The van der Waals surface area contributed by atoms with Crippen LogP contribution in [0.2, 0.25) is 0 Å². The molecule has 0 spiro atoms. The van der Waals surface area contributed by atoms with Gasteiger partial charge in [0.2, 0.25) is 0 Å². The van der Waals surface area contributed by atoms with Crippen molar-refractivity contribution in [2.75, 3.05) is 0 Å². The topological polar surface area (TPSA) is 40.1 Å². The predicted octanol–water partition coefficient (Wildman–Crippen LogP) is 0.806. The van der Waals surface area contributed by atoms with Crippen LogP contribution in [0.4, 0.5) is 0 Å². The summed E-state index contributed by atoms with van der Waals surface area (Å²) in [6, 6.07) is 0. The molecule has 65 valence electrons. The van der Waals surface area contributed by atoms with Crippen molar-refractivity contribution in [2.45, 2.75) is 33.1 Å². The Kier molecular flexibility index (Phi) is 5.38. The molecule has 0 amide bonds. The second kappa shape index (κ2) is 5.20. The standard InChI is InChI=1S/C9H16O2.Hg/c1-6-3-4-8(9(10)11)7(2)5-6;/h6-8H,3-5H2,1-2H3,(H,10,11);/q;+1/p-1. The summed E-state index contributed by atoms with van der Waals surface area (Å²) in [5, 5.41) is 10.6. The van der Waals surface area contributed by atoms with Gasteiger partial charge in [-0.05, 0) is 24.7 Å². The zero-order valence-corrected chi connectivity index (χ0v) is 13.4. The van der Waals surface area contributed by atoms with E-state index in [-0.39, 0.29) is 33.6 Å². The molecule has 3 unspecified atom stereocenters. The van der Waals surface area contributed by atoms with Crippen molar-refractivity contribution in [3.8, 4) is 0 Å². The van der Waals surface area contributed by atoms with Crippen LogP contribution in [-0.2, 0) is 32.5 Å². The van der Waals surface area contributed by atoms with E-state index in [0.717, 1.165) is 19.3 Å². The number of hydrogen-bond acceptors (Lipinski definition) is 2. The maximum Gasteiger partial charge on any atom is 1.00 e. The van der Waals surface area contributed by atoms with Gasteiger partial charge in [0, 0.05) is 11.9 Å². The molecule has 1 aliphatic carbocycles. The molecule has 1 radical (unpaired) electrons. The molecule has 12 heavy (non-hydrogen) atoms. The first-order chi connectivity index (χ1) is 5.11. The number of hydrogen-bond donors (Lipinski definition) is 0. The average molecular weight is 356 g/mol. The number of carbonyl (C=O) groups excluding carboxylic acids is 1. The van der Waals surface area contributed by atoms with Gasteiger partial charge in [-0.15, -0.1) is 0 Å². The number of aliphatic carboxylic acids is 1. The first-order valence-electron chi connectivity index (χ1n) is 4.32. The summed E-state index contributed by atoms with van der Waals surface area (Å²) in [4.78, 5) is 10.6. The Bertz CT molecular complexity index is 159. The van der Waals surface area contributed by atoms with Gasteiger partial charge in [-0.25, -0.2) is 0 Å². The Morgan fingerprint density at radius 3 is 2.33 bits per heavy atom. The van der Waals surface area contributed by atoms with Gasteiger partial charge < -0.3 is 9.90 Å². The molecule has 0 aliphatic heterocycles. The Balaban J connectivity index is 0.00000121. The molecule has 0 N–H and O–H groups in total. The van der Waals surface area contributed by atoms with Crippen molar-refractivity contribution in [2.24, 2.45) is 17.8 Å². The molecular weight excluding hydrogens is 341 g/mol. The summed E-state index contributed by atoms with van der Waals surface area (Å²) >= 11 is 0. The van der Waals surface area contributed by atoms with E-state index in [4.69, 9.17) is 0 Å². The van der Waals surface area contributed by atoms with Crippen molar-refractivity contribution in [3.63, 3.8) is 0 Å². The van der Waals surface area contributed by atoms with Crippen molar-refractivity contribution >= 4 is 5.97 Å². The predicted molar refractivity (Wildman–Crippen MR) is 40.7 cm³/mol. The van der Waals surface area contributed by atoms with E-state index in [1.165, 1.54) is 0 Å². The molecule has 0 aromatic carbocycles. The molecule has 0 aromatic rings. The fourth-order valence-electron chi connectivity index (χ4n) is 2.02. The number of carboxylic acids is 1. The SMILES string of the molecule is CC1CCC(C(=O)[O-])C(C)C1.[Hg+]. The van der Waals surface area contributed by atoms with Crippen LogP contribution in [0.1, 0.15) is 33.1 Å². The first kappa shape index (κ1) is 12.4. The molecule has 0 aromatic heterocycles. The van der Waals surface area contributed by atoms with Crippen LogP contribution in [0.25, 0.3) is 0 Å². The minimum absolute atomic E-state index is 0. The normalized spacial score (nSPS) is 35.3. The van der Waals surface area contributed by atoms with E-state index in [1.807, 2.05) is 6.92 Å². The Morgan fingerprint density at radius 1 is 1.33 bits per heavy atom. The molecule has 1 saturated carbocycles. The van der Waals surface area contributed by atoms with Crippen molar-refractivity contribution in [3.05, 3.63) is 0 Å². The number of carbonyl (C=O) groups is 1. The average Bonchev–Trinajstić information content (AvgIpc) is 1.85. The molecule has 3 heteroatoms. The van der Waals surface area contributed by atoms with Crippen LogP contribution in [-0.4, -0.2) is 5.97 Å². The molecule has 3 atom stereocenters.